The Hall–Kier alpha value is -3.32. The third kappa shape index (κ3) is 5.90. The Morgan fingerprint density at radius 3 is 2.39 bits per heavy atom. The van der Waals surface area contributed by atoms with Gasteiger partial charge in [0.25, 0.3) is 0 Å². The summed E-state index contributed by atoms with van der Waals surface area (Å²) in [4.78, 5) is 30.6. The van der Waals surface area contributed by atoms with Crippen molar-refractivity contribution in [1.29, 1.82) is 0 Å². The number of hydrogen-bond acceptors (Lipinski definition) is 5. The lowest BCUT2D eigenvalue weighted by atomic mass is 9.94. The third-order valence-corrected chi connectivity index (χ3v) is 7.55. The standard InChI is InChI=1S/C29H34N2O4S/c1-20-14-16-22(17-15-20)31(26(32)19-23-11-8-18-36-23)27(29(33)30-21-9-5-4-6-10-21)24-12-7-13-25(34-2)28(24)35-3/h7-8,11-18,21,27H,4-6,9-10,19H2,1-3H3,(H,30,33)/t27-/m1/s1. The Morgan fingerprint density at radius 1 is 1.00 bits per heavy atom. The maximum Gasteiger partial charge on any atom is 0.248 e. The van der Waals surface area contributed by atoms with E-state index in [1.807, 2.05) is 60.8 Å². The monoisotopic (exact) mass is 506 g/mol. The molecule has 6 nitrogen and oxygen atoms in total. The van der Waals surface area contributed by atoms with Crippen LogP contribution in [0, 0.1) is 6.92 Å². The molecule has 3 aromatic rings. The van der Waals surface area contributed by atoms with Crippen LogP contribution in [0.3, 0.4) is 0 Å². The van der Waals surface area contributed by atoms with Crippen molar-refractivity contribution in [1.82, 2.24) is 5.32 Å². The Labute approximate surface area is 217 Å². The van der Waals surface area contributed by atoms with Crippen molar-refractivity contribution >= 4 is 28.8 Å². The topological polar surface area (TPSA) is 67.9 Å². The number of rotatable bonds is 9. The minimum Gasteiger partial charge on any atom is -0.493 e. The predicted molar refractivity (Wildman–Crippen MR) is 144 cm³/mol. The zero-order valence-electron chi connectivity index (χ0n) is 21.2. The molecule has 4 rings (SSSR count). The fourth-order valence-electron chi connectivity index (χ4n) is 4.84. The van der Waals surface area contributed by atoms with Gasteiger partial charge in [0.05, 0.1) is 20.6 Å². The molecule has 2 amide bonds. The Balaban J connectivity index is 1.82. The quantitative estimate of drug-likeness (QED) is 0.396. The molecule has 1 aliphatic carbocycles. The molecule has 1 fully saturated rings. The van der Waals surface area contributed by atoms with E-state index in [4.69, 9.17) is 9.47 Å². The molecule has 190 valence electrons. The van der Waals surface area contributed by atoms with Crippen LogP contribution in [0.5, 0.6) is 11.5 Å². The minimum absolute atomic E-state index is 0.0950. The van der Waals surface area contributed by atoms with Gasteiger partial charge in [-0.25, -0.2) is 0 Å². The highest BCUT2D eigenvalue weighted by Crippen LogP contribution is 2.39. The molecule has 0 saturated heterocycles. The third-order valence-electron chi connectivity index (χ3n) is 6.67. The molecule has 1 aromatic heterocycles. The number of carbonyl (C=O) groups is 2. The van der Waals surface area contributed by atoms with E-state index in [9.17, 15) is 9.59 Å². The van der Waals surface area contributed by atoms with Gasteiger partial charge in [-0.2, -0.15) is 0 Å². The predicted octanol–water partition coefficient (Wildman–Crippen LogP) is 5.84. The van der Waals surface area contributed by atoms with E-state index in [1.54, 1.807) is 25.2 Å². The number of thiophene rings is 1. The molecule has 1 atom stereocenters. The van der Waals surface area contributed by atoms with Gasteiger partial charge in [-0.1, -0.05) is 55.2 Å². The summed E-state index contributed by atoms with van der Waals surface area (Å²) in [6, 6.07) is 16.2. The number of nitrogens with zero attached hydrogens (tertiary/aromatic N) is 1. The van der Waals surface area contributed by atoms with Crippen molar-refractivity contribution < 1.29 is 19.1 Å². The Kier molecular flexibility index (Phi) is 8.65. The zero-order chi connectivity index (χ0) is 25.5. The van der Waals surface area contributed by atoms with Gasteiger partial charge < -0.3 is 14.8 Å². The first kappa shape index (κ1) is 25.8. The number of amides is 2. The van der Waals surface area contributed by atoms with Crippen LogP contribution in [-0.4, -0.2) is 32.1 Å². The lowest BCUT2D eigenvalue weighted by Gasteiger charge is -2.34. The van der Waals surface area contributed by atoms with Gasteiger partial charge in [0.15, 0.2) is 11.5 Å². The molecule has 0 radical (unpaired) electrons. The second-order valence-corrected chi connectivity index (χ2v) is 10.2. The molecular formula is C29H34N2O4S. The van der Waals surface area contributed by atoms with Crippen molar-refractivity contribution in [2.75, 3.05) is 19.1 Å². The van der Waals surface area contributed by atoms with Gasteiger partial charge in [-0.05, 0) is 49.4 Å². The van der Waals surface area contributed by atoms with Crippen molar-refractivity contribution in [3.8, 4) is 11.5 Å². The normalized spacial score (nSPS) is 14.6. The number of anilines is 1. The SMILES string of the molecule is COc1cccc([C@H](C(=O)NC2CCCCC2)N(C(=O)Cc2cccs2)c2ccc(C)cc2)c1OC. The zero-order valence-corrected chi connectivity index (χ0v) is 22.0. The van der Waals surface area contributed by atoms with Crippen molar-refractivity contribution in [2.45, 2.75) is 57.5 Å². The molecule has 1 heterocycles. The van der Waals surface area contributed by atoms with E-state index in [-0.39, 0.29) is 24.3 Å². The van der Waals surface area contributed by atoms with Crippen molar-refractivity contribution in [3.63, 3.8) is 0 Å². The van der Waals surface area contributed by atoms with Gasteiger partial charge in [-0.3, -0.25) is 14.5 Å². The molecule has 36 heavy (non-hydrogen) atoms. The highest BCUT2D eigenvalue weighted by molar-refractivity contribution is 7.10. The number of hydrogen-bond donors (Lipinski definition) is 1. The van der Waals surface area contributed by atoms with Crippen LogP contribution in [0.25, 0.3) is 0 Å². The summed E-state index contributed by atoms with van der Waals surface area (Å²) in [6.07, 6.45) is 5.47. The summed E-state index contributed by atoms with van der Waals surface area (Å²) in [6.45, 7) is 2.00. The van der Waals surface area contributed by atoms with Gasteiger partial charge in [-0.15, -0.1) is 11.3 Å². The maximum absolute atomic E-state index is 14.1. The second kappa shape index (κ2) is 12.1. The first-order valence-electron chi connectivity index (χ1n) is 12.4. The van der Waals surface area contributed by atoms with E-state index >= 15 is 0 Å². The number of carbonyl (C=O) groups excluding carboxylic acids is 2. The molecule has 2 aromatic carbocycles. The van der Waals surface area contributed by atoms with Gasteiger partial charge in [0.1, 0.15) is 6.04 Å². The minimum atomic E-state index is -0.924. The summed E-state index contributed by atoms with van der Waals surface area (Å²) in [7, 11) is 3.12. The fourth-order valence-corrected chi connectivity index (χ4v) is 5.54. The molecule has 0 aliphatic heterocycles. The summed E-state index contributed by atoms with van der Waals surface area (Å²) in [5, 5.41) is 5.21. The van der Waals surface area contributed by atoms with Crippen LogP contribution in [-0.2, 0) is 16.0 Å². The highest BCUT2D eigenvalue weighted by atomic mass is 32.1. The number of nitrogens with one attached hydrogen (secondary N) is 1. The molecule has 1 saturated carbocycles. The van der Waals surface area contributed by atoms with Crippen molar-refractivity contribution in [3.05, 3.63) is 76.0 Å². The van der Waals surface area contributed by atoms with Crippen LogP contribution in [0.1, 0.15) is 54.1 Å². The maximum atomic E-state index is 14.1. The second-order valence-electron chi connectivity index (χ2n) is 9.18. The molecule has 0 spiro atoms. The van der Waals surface area contributed by atoms with Gasteiger partial charge in [0, 0.05) is 22.2 Å². The van der Waals surface area contributed by atoms with E-state index in [1.165, 1.54) is 17.8 Å². The van der Waals surface area contributed by atoms with E-state index < -0.39 is 6.04 Å². The van der Waals surface area contributed by atoms with Crippen molar-refractivity contribution in [2.24, 2.45) is 0 Å². The van der Waals surface area contributed by atoms with Crippen LogP contribution in [0.2, 0.25) is 0 Å². The van der Waals surface area contributed by atoms with Crippen LogP contribution < -0.4 is 19.7 Å². The number of ether oxygens (including phenoxy) is 2. The molecular weight excluding hydrogens is 472 g/mol. The number of aryl methyl sites for hydroxylation is 1. The summed E-state index contributed by atoms with van der Waals surface area (Å²) >= 11 is 1.53. The average Bonchev–Trinajstić information content (AvgIpc) is 3.41. The number of methoxy groups -OCH3 is 2. The molecule has 1 N–H and O–H groups in total. The Morgan fingerprint density at radius 2 is 1.75 bits per heavy atom. The number of benzene rings is 2. The summed E-state index contributed by atoms with van der Waals surface area (Å²) < 4.78 is 11.3. The lowest BCUT2D eigenvalue weighted by Crippen LogP contribution is -2.47. The first-order chi connectivity index (χ1) is 17.5. The van der Waals surface area contributed by atoms with Gasteiger partial charge >= 0.3 is 0 Å². The Bertz CT molecular complexity index is 1150. The van der Waals surface area contributed by atoms with E-state index in [0.29, 0.717) is 22.7 Å². The molecule has 0 bridgehead atoms. The van der Waals surface area contributed by atoms with Crippen LogP contribution in [0.15, 0.2) is 60.0 Å². The average molecular weight is 507 g/mol. The largest absolute Gasteiger partial charge is 0.493 e. The van der Waals surface area contributed by atoms with Crippen LogP contribution in [0.4, 0.5) is 5.69 Å². The molecule has 1 aliphatic rings. The fraction of sp³-hybridized carbons (Fsp3) is 0.379. The van der Waals surface area contributed by atoms with Gasteiger partial charge in [0.2, 0.25) is 11.8 Å². The van der Waals surface area contributed by atoms with E-state index in [2.05, 4.69) is 5.32 Å². The van der Waals surface area contributed by atoms with E-state index in [0.717, 1.165) is 36.1 Å². The molecule has 7 heteroatoms. The first-order valence-corrected chi connectivity index (χ1v) is 13.3. The smallest absolute Gasteiger partial charge is 0.248 e. The lowest BCUT2D eigenvalue weighted by molar-refractivity contribution is -0.127. The van der Waals surface area contributed by atoms with Crippen LogP contribution >= 0.6 is 11.3 Å². The molecule has 0 unspecified atom stereocenters. The highest BCUT2D eigenvalue weighted by Gasteiger charge is 2.36. The summed E-state index contributed by atoms with van der Waals surface area (Å²) in [5.74, 6) is 0.591. The summed E-state index contributed by atoms with van der Waals surface area (Å²) in [5.41, 5.74) is 2.33. The number of para-hydroxylation sites is 1.